The fourth-order valence-corrected chi connectivity index (χ4v) is 3.97. The molecule has 0 saturated heterocycles. The summed E-state index contributed by atoms with van der Waals surface area (Å²) in [6.45, 7) is 10.4. The van der Waals surface area contributed by atoms with Crippen LogP contribution in [0.1, 0.15) is 44.4 Å². The summed E-state index contributed by atoms with van der Waals surface area (Å²) in [5, 5.41) is 5.88. The summed E-state index contributed by atoms with van der Waals surface area (Å²) in [7, 11) is 0. The Kier molecular flexibility index (Phi) is 6.38. The number of benzene rings is 1. The Morgan fingerprint density at radius 2 is 1.59 bits per heavy atom. The van der Waals surface area contributed by atoms with Gasteiger partial charge in [-0.2, -0.15) is 0 Å². The van der Waals surface area contributed by atoms with Crippen molar-refractivity contribution in [1.82, 2.24) is 0 Å². The lowest BCUT2D eigenvalue weighted by molar-refractivity contribution is -0.119. The Morgan fingerprint density at radius 1 is 1.00 bits per heavy atom. The van der Waals surface area contributed by atoms with Crippen LogP contribution in [-0.2, 0) is 14.3 Å². The lowest BCUT2D eigenvalue weighted by Gasteiger charge is -2.13. The highest BCUT2D eigenvalue weighted by atomic mass is 32.1. The first kappa shape index (κ1) is 20.6. The molecule has 2 aromatic rings. The first-order valence-corrected chi connectivity index (χ1v) is 9.34. The summed E-state index contributed by atoms with van der Waals surface area (Å²) in [6.07, 6.45) is 0. The molecule has 1 heterocycles. The van der Waals surface area contributed by atoms with Crippen LogP contribution in [0.4, 0.5) is 10.7 Å². The third-order valence-electron chi connectivity index (χ3n) is 4.15. The van der Waals surface area contributed by atoms with Gasteiger partial charge in [0.25, 0.3) is 5.91 Å². The number of nitrogens with one attached hydrogen (secondary N) is 2. The summed E-state index contributed by atoms with van der Waals surface area (Å²) in [6, 6.07) is 3.96. The van der Waals surface area contributed by atoms with E-state index in [9.17, 15) is 14.4 Å². The third-order valence-corrected chi connectivity index (χ3v) is 5.28. The maximum atomic E-state index is 12.5. The summed E-state index contributed by atoms with van der Waals surface area (Å²) < 4.78 is 5.19. The van der Waals surface area contributed by atoms with Gasteiger partial charge in [0.2, 0.25) is 5.91 Å². The number of hydrogen-bond acceptors (Lipinski definition) is 5. The molecule has 0 bridgehead atoms. The number of ether oxygens (including phenoxy) is 1. The molecule has 7 heteroatoms. The van der Waals surface area contributed by atoms with Gasteiger partial charge in [-0.1, -0.05) is 17.7 Å². The smallest absolute Gasteiger partial charge is 0.341 e. The fraction of sp³-hybridized carbons (Fsp3) is 0.350. The van der Waals surface area contributed by atoms with Crippen molar-refractivity contribution in [3.63, 3.8) is 0 Å². The van der Waals surface area contributed by atoms with E-state index in [2.05, 4.69) is 10.6 Å². The maximum absolute atomic E-state index is 12.5. The Hall–Kier alpha value is -2.67. The highest BCUT2D eigenvalue weighted by molar-refractivity contribution is 7.16. The highest BCUT2D eigenvalue weighted by Gasteiger charge is 2.22. The monoisotopic (exact) mass is 388 g/mol. The van der Waals surface area contributed by atoms with Crippen LogP contribution >= 0.6 is 11.3 Å². The molecule has 0 saturated carbocycles. The van der Waals surface area contributed by atoms with Crippen LogP contribution in [0.15, 0.2) is 12.1 Å². The average molecular weight is 388 g/mol. The number of aryl methyl sites for hydroxylation is 4. The summed E-state index contributed by atoms with van der Waals surface area (Å²) in [5.41, 5.74) is 4.77. The molecule has 0 fully saturated rings. The standard InChI is InChI=1S/C20H24N2O4S/c1-10-7-11(2)18(12(3)8-10)22-16(24)9-26-20(25)17-13(4)14(5)27-19(17)21-15(6)23/h7-8H,9H2,1-6H3,(H,21,23)(H,22,24). The van der Waals surface area contributed by atoms with Crippen LogP contribution in [0.25, 0.3) is 0 Å². The average Bonchev–Trinajstić information content (AvgIpc) is 2.82. The zero-order valence-corrected chi connectivity index (χ0v) is 17.2. The van der Waals surface area contributed by atoms with E-state index in [4.69, 9.17) is 4.74 Å². The van der Waals surface area contributed by atoms with Crippen LogP contribution in [0.3, 0.4) is 0 Å². The van der Waals surface area contributed by atoms with Crippen molar-refractivity contribution < 1.29 is 19.1 Å². The number of thiophene rings is 1. The second kappa shape index (κ2) is 8.35. The summed E-state index contributed by atoms with van der Waals surface area (Å²) in [4.78, 5) is 37.0. The fourth-order valence-electron chi connectivity index (χ4n) is 2.88. The number of esters is 1. The Bertz CT molecular complexity index is 892. The Morgan fingerprint density at radius 3 is 2.15 bits per heavy atom. The van der Waals surface area contributed by atoms with Gasteiger partial charge < -0.3 is 15.4 Å². The van der Waals surface area contributed by atoms with Crippen molar-refractivity contribution >= 4 is 39.8 Å². The topological polar surface area (TPSA) is 84.5 Å². The van der Waals surface area contributed by atoms with E-state index >= 15 is 0 Å². The second-order valence-electron chi connectivity index (χ2n) is 6.57. The molecule has 27 heavy (non-hydrogen) atoms. The van der Waals surface area contributed by atoms with Gasteiger partial charge >= 0.3 is 5.97 Å². The minimum absolute atomic E-state index is 0.270. The normalized spacial score (nSPS) is 10.4. The van der Waals surface area contributed by atoms with Crippen LogP contribution in [0.2, 0.25) is 0 Å². The van der Waals surface area contributed by atoms with E-state index < -0.39 is 18.5 Å². The summed E-state index contributed by atoms with van der Waals surface area (Å²) >= 11 is 1.31. The first-order chi connectivity index (χ1) is 12.6. The van der Waals surface area contributed by atoms with Gasteiger partial charge in [-0.15, -0.1) is 11.3 Å². The van der Waals surface area contributed by atoms with Gasteiger partial charge in [0, 0.05) is 17.5 Å². The van der Waals surface area contributed by atoms with Crippen molar-refractivity contribution in [1.29, 1.82) is 0 Å². The molecule has 0 atom stereocenters. The lowest BCUT2D eigenvalue weighted by Crippen LogP contribution is -2.22. The molecule has 0 aliphatic heterocycles. The minimum atomic E-state index is -0.631. The van der Waals surface area contributed by atoms with E-state index in [1.165, 1.54) is 18.3 Å². The SMILES string of the molecule is CC(=O)Nc1sc(C)c(C)c1C(=O)OCC(=O)Nc1c(C)cc(C)cc1C. The maximum Gasteiger partial charge on any atom is 0.341 e. The predicted octanol–water partition coefficient (Wildman–Crippen LogP) is 4.04. The van der Waals surface area contributed by atoms with Crippen LogP contribution in [0.5, 0.6) is 0 Å². The number of rotatable bonds is 5. The van der Waals surface area contributed by atoms with Gasteiger partial charge in [-0.05, 0) is 51.3 Å². The summed E-state index contributed by atoms with van der Waals surface area (Å²) in [5.74, 6) is -1.31. The largest absolute Gasteiger partial charge is 0.452 e. The molecule has 1 aromatic heterocycles. The molecule has 0 unspecified atom stereocenters. The number of carbonyl (C=O) groups is 3. The predicted molar refractivity (Wildman–Crippen MR) is 108 cm³/mol. The number of amides is 2. The van der Waals surface area contributed by atoms with Gasteiger partial charge in [0.15, 0.2) is 6.61 Å². The molecule has 0 radical (unpaired) electrons. The molecule has 0 aliphatic rings. The molecule has 144 valence electrons. The van der Waals surface area contributed by atoms with Crippen molar-refractivity contribution in [2.45, 2.75) is 41.5 Å². The second-order valence-corrected chi connectivity index (χ2v) is 7.79. The Labute approximate surface area is 162 Å². The third kappa shape index (κ3) is 4.95. The number of carbonyl (C=O) groups excluding carboxylic acids is 3. The van der Waals surface area contributed by atoms with Crippen LogP contribution < -0.4 is 10.6 Å². The lowest BCUT2D eigenvalue weighted by atomic mass is 10.1. The zero-order valence-electron chi connectivity index (χ0n) is 16.4. The highest BCUT2D eigenvalue weighted by Crippen LogP contribution is 2.33. The van der Waals surface area contributed by atoms with E-state index in [0.29, 0.717) is 10.6 Å². The molecule has 2 amide bonds. The van der Waals surface area contributed by atoms with Gasteiger partial charge in [-0.25, -0.2) is 4.79 Å². The number of anilines is 2. The molecule has 2 N–H and O–H groups in total. The van der Waals surface area contributed by atoms with Gasteiger partial charge in [0.1, 0.15) is 5.00 Å². The van der Waals surface area contributed by atoms with Crippen molar-refractivity contribution in [3.05, 3.63) is 44.8 Å². The molecule has 1 aromatic carbocycles. The molecule has 0 spiro atoms. The minimum Gasteiger partial charge on any atom is -0.452 e. The van der Waals surface area contributed by atoms with E-state index in [1.54, 1.807) is 6.92 Å². The zero-order chi connectivity index (χ0) is 20.3. The molecule has 6 nitrogen and oxygen atoms in total. The first-order valence-electron chi connectivity index (χ1n) is 8.52. The van der Waals surface area contributed by atoms with Gasteiger partial charge in [-0.3, -0.25) is 9.59 Å². The van der Waals surface area contributed by atoms with E-state index in [-0.39, 0.29) is 5.91 Å². The van der Waals surface area contributed by atoms with E-state index in [1.807, 2.05) is 39.8 Å². The van der Waals surface area contributed by atoms with Crippen molar-refractivity contribution in [2.75, 3.05) is 17.2 Å². The Balaban J connectivity index is 2.08. The van der Waals surface area contributed by atoms with Crippen molar-refractivity contribution in [2.24, 2.45) is 0 Å². The van der Waals surface area contributed by atoms with Gasteiger partial charge in [0.05, 0.1) is 5.56 Å². The molecule has 2 rings (SSSR count). The molecular weight excluding hydrogens is 364 g/mol. The van der Waals surface area contributed by atoms with Crippen LogP contribution in [0, 0.1) is 34.6 Å². The van der Waals surface area contributed by atoms with E-state index in [0.717, 1.165) is 32.8 Å². The molecular formula is C20H24N2O4S. The molecule has 0 aliphatic carbocycles. The van der Waals surface area contributed by atoms with Crippen LogP contribution in [-0.4, -0.2) is 24.4 Å². The van der Waals surface area contributed by atoms with Crippen molar-refractivity contribution in [3.8, 4) is 0 Å². The quantitative estimate of drug-likeness (QED) is 0.757. The number of hydrogen-bond donors (Lipinski definition) is 2.